The van der Waals surface area contributed by atoms with E-state index in [9.17, 15) is 9.59 Å². The van der Waals surface area contributed by atoms with Gasteiger partial charge in [0.05, 0.1) is 6.20 Å². The molecule has 0 aliphatic rings. The van der Waals surface area contributed by atoms with Gasteiger partial charge < -0.3 is 0 Å². The number of nitrogens with zero attached hydrogens (tertiary/aromatic N) is 3. The largest absolute Gasteiger partial charge is 0.294 e. The lowest BCUT2D eigenvalue weighted by Gasteiger charge is -1.98. The van der Waals surface area contributed by atoms with Crippen LogP contribution in [0.2, 0.25) is 0 Å². The summed E-state index contributed by atoms with van der Waals surface area (Å²) in [5, 5.41) is 0. The van der Waals surface area contributed by atoms with Crippen molar-refractivity contribution in [3.8, 4) is 0 Å². The van der Waals surface area contributed by atoms with Gasteiger partial charge in [-0.3, -0.25) is 9.59 Å². The highest BCUT2D eigenvalue weighted by molar-refractivity contribution is 9.10. The minimum Gasteiger partial charge on any atom is -0.294 e. The Morgan fingerprint density at radius 3 is 2.93 bits per heavy atom. The zero-order chi connectivity index (χ0) is 10.8. The molecule has 0 spiro atoms. The van der Waals surface area contributed by atoms with Gasteiger partial charge in [-0.25, -0.2) is 15.0 Å². The second-order valence-electron chi connectivity index (χ2n) is 2.70. The van der Waals surface area contributed by atoms with Crippen LogP contribution in [0, 0.1) is 0 Å². The quantitative estimate of drug-likeness (QED) is 0.463. The van der Waals surface area contributed by atoms with Gasteiger partial charge in [-0.1, -0.05) is 0 Å². The van der Waals surface area contributed by atoms with Crippen molar-refractivity contribution in [1.82, 2.24) is 15.0 Å². The second kappa shape index (κ2) is 3.82. The first kappa shape index (κ1) is 9.85. The number of rotatable bonds is 2. The highest BCUT2D eigenvalue weighted by Gasteiger charge is 2.09. The molecule has 0 aliphatic heterocycles. The topological polar surface area (TPSA) is 72.8 Å². The van der Waals surface area contributed by atoms with E-state index in [0.29, 0.717) is 11.2 Å². The molecule has 2 aromatic rings. The second-order valence-corrected chi connectivity index (χ2v) is 3.56. The molecule has 2 heterocycles. The van der Waals surface area contributed by atoms with Gasteiger partial charge in [-0.2, -0.15) is 0 Å². The lowest BCUT2D eigenvalue weighted by Crippen LogP contribution is -2.04. The van der Waals surface area contributed by atoms with Crippen LogP contribution in [-0.2, 0) is 4.79 Å². The van der Waals surface area contributed by atoms with Crippen LogP contribution in [0.4, 0.5) is 0 Å². The van der Waals surface area contributed by atoms with Crippen molar-refractivity contribution in [3.05, 3.63) is 28.6 Å². The van der Waals surface area contributed by atoms with Crippen LogP contribution in [0.3, 0.4) is 0 Å². The Morgan fingerprint density at radius 2 is 2.20 bits per heavy atom. The summed E-state index contributed by atoms with van der Waals surface area (Å²) in [5.41, 5.74) is 0.889. The molecule has 15 heavy (non-hydrogen) atoms. The Kier molecular flexibility index (Phi) is 2.51. The minimum atomic E-state index is -0.703. The fraction of sp³-hybridized carbons (Fsp3) is 0. The van der Waals surface area contributed by atoms with E-state index in [1.54, 1.807) is 6.07 Å². The molecule has 0 N–H and O–H groups in total. The summed E-state index contributed by atoms with van der Waals surface area (Å²) in [6.07, 6.45) is 3.00. The molecule has 2 rings (SSSR count). The number of ketones is 1. The van der Waals surface area contributed by atoms with E-state index in [-0.39, 0.29) is 12.0 Å². The molecule has 0 saturated heterocycles. The van der Waals surface area contributed by atoms with E-state index in [0.717, 1.165) is 4.47 Å². The standard InChI is InChI=1S/C9H4BrN3O2/c10-5-1-2-11-9-8(5)12-3-6(13-9)7(15)4-14/h1-4H. The summed E-state index contributed by atoms with van der Waals surface area (Å²) >= 11 is 3.28. The van der Waals surface area contributed by atoms with Crippen molar-refractivity contribution in [2.45, 2.75) is 0 Å². The number of pyridine rings is 1. The van der Waals surface area contributed by atoms with Crippen molar-refractivity contribution in [3.63, 3.8) is 0 Å². The number of carbonyl (C=O) groups is 2. The molecule has 0 saturated carbocycles. The number of fused-ring (bicyclic) bond motifs is 1. The number of halogens is 1. The van der Waals surface area contributed by atoms with Gasteiger partial charge in [0, 0.05) is 10.7 Å². The van der Waals surface area contributed by atoms with Crippen LogP contribution in [0.25, 0.3) is 11.2 Å². The minimum absolute atomic E-state index is 0.00287. The van der Waals surface area contributed by atoms with Crippen LogP contribution in [-0.4, -0.2) is 27.0 Å². The Balaban J connectivity index is 2.67. The van der Waals surface area contributed by atoms with Crippen LogP contribution >= 0.6 is 15.9 Å². The van der Waals surface area contributed by atoms with Crippen LogP contribution in [0.15, 0.2) is 22.9 Å². The number of hydrogen-bond donors (Lipinski definition) is 0. The molecule has 0 radical (unpaired) electrons. The molecule has 6 heteroatoms. The van der Waals surface area contributed by atoms with E-state index >= 15 is 0 Å². The molecular weight excluding hydrogens is 262 g/mol. The summed E-state index contributed by atoms with van der Waals surface area (Å²) in [5.74, 6) is -0.703. The summed E-state index contributed by atoms with van der Waals surface area (Å²) in [6.45, 7) is 0. The third kappa shape index (κ3) is 1.75. The molecule has 0 aromatic carbocycles. The average Bonchev–Trinajstić information content (AvgIpc) is 2.28. The molecule has 0 unspecified atom stereocenters. The van der Waals surface area contributed by atoms with E-state index in [4.69, 9.17) is 0 Å². The van der Waals surface area contributed by atoms with Crippen LogP contribution < -0.4 is 0 Å². The number of aldehydes is 1. The van der Waals surface area contributed by atoms with Crippen molar-refractivity contribution in [2.24, 2.45) is 0 Å². The predicted octanol–water partition coefficient (Wildman–Crippen LogP) is 1.17. The third-order valence-corrected chi connectivity index (χ3v) is 2.40. The first-order valence-electron chi connectivity index (χ1n) is 3.99. The number of Topliss-reactive ketones (excluding diaryl/α,β-unsaturated/α-hetero) is 1. The van der Waals surface area contributed by atoms with Crippen molar-refractivity contribution in [1.29, 1.82) is 0 Å². The Labute approximate surface area is 92.7 Å². The van der Waals surface area contributed by atoms with Gasteiger partial charge in [0.1, 0.15) is 11.2 Å². The molecular formula is C9H4BrN3O2. The van der Waals surface area contributed by atoms with Crippen molar-refractivity contribution >= 4 is 39.2 Å². The molecule has 2 aromatic heterocycles. The Hall–Kier alpha value is -1.69. The highest BCUT2D eigenvalue weighted by Crippen LogP contribution is 2.17. The van der Waals surface area contributed by atoms with Gasteiger partial charge in [0.15, 0.2) is 11.9 Å². The number of aromatic nitrogens is 3. The first-order chi connectivity index (χ1) is 7.22. The van der Waals surface area contributed by atoms with Gasteiger partial charge >= 0.3 is 0 Å². The van der Waals surface area contributed by atoms with Gasteiger partial charge in [0.2, 0.25) is 5.78 Å². The predicted molar refractivity (Wildman–Crippen MR) is 55.4 cm³/mol. The maximum absolute atomic E-state index is 11.0. The normalized spacial score (nSPS) is 10.2. The molecule has 0 bridgehead atoms. The lowest BCUT2D eigenvalue weighted by molar-refractivity contribution is -0.104. The zero-order valence-electron chi connectivity index (χ0n) is 7.35. The molecule has 0 fully saturated rings. The average molecular weight is 266 g/mol. The van der Waals surface area contributed by atoms with Crippen LogP contribution in [0.5, 0.6) is 0 Å². The highest BCUT2D eigenvalue weighted by atomic mass is 79.9. The molecule has 0 aliphatic carbocycles. The Bertz CT molecular complexity index is 556. The number of carbonyl (C=O) groups excluding carboxylic acids is 2. The molecule has 5 nitrogen and oxygen atoms in total. The molecule has 74 valence electrons. The summed E-state index contributed by atoms with van der Waals surface area (Å²) < 4.78 is 0.741. The van der Waals surface area contributed by atoms with Crippen molar-refractivity contribution in [2.75, 3.05) is 0 Å². The van der Waals surface area contributed by atoms with Gasteiger partial charge in [-0.15, -0.1) is 0 Å². The van der Waals surface area contributed by atoms with E-state index < -0.39 is 5.78 Å². The van der Waals surface area contributed by atoms with E-state index in [1.807, 2.05) is 0 Å². The monoisotopic (exact) mass is 265 g/mol. The zero-order valence-corrected chi connectivity index (χ0v) is 8.93. The van der Waals surface area contributed by atoms with Gasteiger partial charge in [-0.05, 0) is 22.0 Å². The lowest BCUT2D eigenvalue weighted by atomic mass is 10.3. The molecule has 0 amide bonds. The Morgan fingerprint density at radius 1 is 1.40 bits per heavy atom. The first-order valence-corrected chi connectivity index (χ1v) is 4.78. The maximum atomic E-state index is 11.0. The fourth-order valence-corrected chi connectivity index (χ4v) is 1.47. The fourth-order valence-electron chi connectivity index (χ4n) is 1.07. The van der Waals surface area contributed by atoms with Crippen molar-refractivity contribution < 1.29 is 9.59 Å². The van der Waals surface area contributed by atoms with Gasteiger partial charge in [0.25, 0.3) is 0 Å². The maximum Gasteiger partial charge on any atom is 0.245 e. The van der Waals surface area contributed by atoms with E-state index in [1.165, 1.54) is 12.4 Å². The third-order valence-electron chi connectivity index (χ3n) is 1.76. The smallest absolute Gasteiger partial charge is 0.245 e. The molecule has 0 atom stereocenters. The van der Waals surface area contributed by atoms with E-state index in [2.05, 4.69) is 30.9 Å². The summed E-state index contributed by atoms with van der Waals surface area (Å²) in [6, 6.07) is 1.72. The SMILES string of the molecule is O=CC(=O)c1cnc2c(Br)ccnc2n1. The summed E-state index contributed by atoms with van der Waals surface area (Å²) in [4.78, 5) is 33.2. The van der Waals surface area contributed by atoms with Crippen LogP contribution in [0.1, 0.15) is 10.5 Å². The number of hydrogen-bond acceptors (Lipinski definition) is 5. The summed E-state index contributed by atoms with van der Waals surface area (Å²) in [7, 11) is 0.